The molecule has 176 valence electrons. The van der Waals surface area contributed by atoms with Gasteiger partial charge in [-0.3, -0.25) is 15.3 Å². The van der Waals surface area contributed by atoms with Crippen LogP contribution in [0.5, 0.6) is 0 Å². The van der Waals surface area contributed by atoms with E-state index in [9.17, 15) is 22.4 Å². The SMILES string of the molecule is C[C@@H]1N=C(c2ncccc2F)c2c(ccc(C(F)(F)F)c2Cl)-n2nc(NC(=O)NC3CC3)nc21. The van der Waals surface area contributed by atoms with Crippen molar-refractivity contribution in [2.45, 2.75) is 38.0 Å². The summed E-state index contributed by atoms with van der Waals surface area (Å²) in [7, 11) is 0. The van der Waals surface area contributed by atoms with Gasteiger partial charge >= 0.3 is 12.2 Å². The number of aromatic nitrogens is 4. The van der Waals surface area contributed by atoms with Gasteiger partial charge in [-0.2, -0.15) is 18.2 Å². The Morgan fingerprint density at radius 1 is 1.24 bits per heavy atom. The van der Waals surface area contributed by atoms with Crippen LogP contribution in [0.15, 0.2) is 35.5 Å². The monoisotopic (exact) mass is 493 g/mol. The first-order chi connectivity index (χ1) is 16.1. The van der Waals surface area contributed by atoms with Crippen molar-refractivity contribution in [3.63, 3.8) is 0 Å². The molecule has 1 fully saturated rings. The first-order valence-electron chi connectivity index (χ1n) is 10.3. The van der Waals surface area contributed by atoms with E-state index in [4.69, 9.17) is 11.6 Å². The lowest BCUT2D eigenvalue weighted by molar-refractivity contribution is -0.137. The number of nitrogens with zero attached hydrogens (tertiary/aromatic N) is 5. The summed E-state index contributed by atoms with van der Waals surface area (Å²) in [5.74, 6) is -0.630. The zero-order valence-electron chi connectivity index (χ0n) is 17.5. The molecule has 1 aliphatic carbocycles. The van der Waals surface area contributed by atoms with Crippen LogP contribution in [0.25, 0.3) is 5.69 Å². The zero-order valence-corrected chi connectivity index (χ0v) is 18.2. The van der Waals surface area contributed by atoms with Gasteiger partial charge in [0.25, 0.3) is 5.95 Å². The third-order valence-corrected chi connectivity index (χ3v) is 5.73. The number of pyridine rings is 1. The molecule has 0 spiro atoms. The number of halogens is 5. The predicted molar refractivity (Wildman–Crippen MR) is 115 cm³/mol. The molecule has 3 heterocycles. The molecule has 1 aliphatic heterocycles. The standard InChI is InChI=1S/C21H16ClF4N7O/c1-9-18-30-19(31-20(34)29-10-4-5-10)32-33(18)13-7-6-11(21(24,25)26)15(22)14(13)17(28-9)16-12(23)3-2-8-27-16/h2-3,6-10H,4-5H2,1H3,(H2,29,31,32,34)/t9-/m0/s1. The van der Waals surface area contributed by atoms with E-state index in [0.717, 1.165) is 31.0 Å². The highest BCUT2D eigenvalue weighted by Gasteiger charge is 2.38. The van der Waals surface area contributed by atoms with Gasteiger partial charge in [-0.25, -0.2) is 13.9 Å². The molecule has 3 aromatic rings. The molecule has 2 aliphatic rings. The zero-order chi connectivity index (χ0) is 24.2. The molecule has 1 saturated carbocycles. The Hall–Kier alpha value is -3.54. The van der Waals surface area contributed by atoms with Gasteiger partial charge in [-0.05, 0) is 44.0 Å². The van der Waals surface area contributed by atoms with Crippen LogP contribution >= 0.6 is 11.6 Å². The number of rotatable bonds is 3. The van der Waals surface area contributed by atoms with Crippen LogP contribution in [-0.4, -0.2) is 37.5 Å². The first kappa shape index (κ1) is 22.3. The molecular weight excluding hydrogens is 478 g/mol. The third kappa shape index (κ3) is 3.98. The van der Waals surface area contributed by atoms with Crippen molar-refractivity contribution in [1.29, 1.82) is 0 Å². The maximum absolute atomic E-state index is 14.7. The van der Waals surface area contributed by atoms with E-state index in [0.29, 0.717) is 0 Å². The van der Waals surface area contributed by atoms with Gasteiger partial charge in [0.1, 0.15) is 11.7 Å². The normalized spacial score (nSPS) is 17.4. The summed E-state index contributed by atoms with van der Waals surface area (Å²) in [6, 6.07) is 3.25. The van der Waals surface area contributed by atoms with Crippen LogP contribution in [0.2, 0.25) is 5.02 Å². The Balaban J connectivity index is 1.69. The molecule has 0 bridgehead atoms. The van der Waals surface area contributed by atoms with Crippen LogP contribution in [-0.2, 0) is 6.18 Å². The second-order valence-corrected chi connectivity index (χ2v) is 8.26. The lowest BCUT2D eigenvalue weighted by Crippen LogP contribution is -2.30. The van der Waals surface area contributed by atoms with Crippen molar-refractivity contribution < 1.29 is 22.4 Å². The van der Waals surface area contributed by atoms with E-state index < -0.39 is 34.7 Å². The maximum Gasteiger partial charge on any atom is 0.417 e. The molecule has 13 heteroatoms. The molecule has 2 aromatic heterocycles. The van der Waals surface area contributed by atoms with Crippen LogP contribution in [0.1, 0.15) is 48.5 Å². The van der Waals surface area contributed by atoms with Gasteiger partial charge in [0.2, 0.25) is 0 Å². The molecular formula is C21H16ClF4N7O. The number of benzene rings is 1. The van der Waals surface area contributed by atoms with Crippen LogP contribution in [0.3, 0.4) is 0 Å². The Labute approximate surface area is 195 Å². The van der Waals surface area contributed by atoms with Crippen molar-refractivity contribution in [2.75, 3.05) is 5.32 Å². The molecule has 0 unspecified atom stereocenters. The number of fused-ring (bicyclic) bond motifs is 3. The summed E-state index contributed by atoms with van der Waals surface area (Å²) < 4.78 is 56.9. The van der Waals surface area contributed by atoms with E-state index in [1.165, 1.54) is 16.9 Å². The quantitative estimate of drug-likeness (QED) is 0.518. The highest BCUT2D eigenvalue weighted by atomic mass is 35.5. The average molecular weight is 494 g/mol. The van der Waals surface area contributed by atoms with Crippen LogP contribution < -0.4 is 10.6 Å². The number of amides is 2. The maximum atomic E-state index is 14.7. The molecule has 2 amide bonds. The molecule has 1 atom stereocenters. The van der Waals surface area contributed by atoms with E-state index in [1.54, 1.807) is 6.92 Å². The van der Waals surface area contributed by atoms with E-state index in [-0.39, 0.29) is 40.5 Å². The molecule has 8 nitrogen and oxygen atoms in total. The van der Waals surface area contributed by atoms with Gasteiger partial charge in [0.05, 0.1) is 22.0 Å². The predicted octanol–water partition coefficient (Wildman–Crippen LogP) is 4.67. The van der Waals surface area contributed by atoms with E-state index in [2.05, 4.69) is 30.7 Å². The summed E-state index contributed by atoms with van der Waals surface area (Å²) in [6.45, 7) is 1.61. The van der Waals surface area contributed by atoms with Crippen LogP contribution in [0.4, 0.5) is 28.3 Å². The number of anilines is 1. The van der Waals surface area contributed by atoms with Crippen molar-refractivity contribution in [2.24, 2.45) is 4.99 Å². The van der Waals surface area contributed by atoms with Gasteiger partial charge < -0.3 is 5.32 Å². The number of hydrogen-bond donors (Lipinski definition) is 2. The van der Waals surface area contributed by atoms with Crippen LogP contribution in [0, 0.1) is 5.82 Å². The summed E-state index contributed by atoms with van der Waals surface area (Å²) in [5.41, 5.74) is -1.65. The largest absolute Gasteiger partial charge is 0.417 e. The van der Waals surface area contributed by atoms with E-state index >= 15 is 0 Å². The summed E-state index contributed by atoms with van der Waals surface area (Å²) in [5, 5.41) is 8.83. The minimum Gasteiger partial charge on any atom is -0.335 e. The molecule has 0 radical (unpaired) electrons. The van der Waals surface area contributed by atoms with Gasteiger partial charge in [0.15, 0.2) is 11.6 Å². The lowest BCUT2D eigenvalue weighted by Gasteiger charge is -2.17. The number of aliphatic imine (C=N–C) groups is 1. The van der Waals surface area contributed by atoms with Crippen molar-refractivity contribution in [3.05, 3.63) is 63.9 Å². The number of nitrogens with one attached hydrogen (secondary N) is 2. The fraction of sp³-hybridized carbons (Fsp3) is 0.286. The Kier molecular flexibility index (Phi) is 5.27. The Morgan fingerprint density at radius 3 is 2.68 bits per heavy atom. The fourth-order valence-corrected chi connectivity index (χ4v) is 3.97. The molecule has 2 N–H and O–H groups in total. The molecule has 0 saturated heterocycles. The van der Waals surface area contributed by atoms with Crippen molar-refractivity contribution >= 4 is 29.3 Å². The second kappa shape index (κ2) is 8.05. The minimum absolute atomic E-state index is 0.0652. The molecule has 1 aromatic carbocycles. The number of alkyl halides is 3. The minimum atomic E-state index is -4.77. The number of urea groups is 1. The lowest BCUT2D eigenvalue weighted by atomic mass is 10.0. The highest BCUT2D eigenvalue weighted by molar-refractivity contribution is 6.37. The summed E-state index contributed by atoms with van der Waals surface area (Å²) in [6.07, 6.45) is -1.70. The average Bonchev–Trinajstić information content (AvgIpc) is 3.49. The van der Waals surface area contributed by atoms with Crippen molar-refractivity contribution in [1.82, 2.24) is 25.1 Å². The first-order valence-corrected chi connectivity index (χ1v) is 10.6. The summed E-state index contributed by atoms with van der Waals surface area (Å²) >= 11 is 6.26. The number of carbonyl (C=O) groups is 1. The van der Waals surface area contributed by atoms with Gasteiger partial charge in [0, 0.05) is 17.8 Å². The van der Waals surface area contributed by atoms with E-state index in [1.807, 2.05) is 0 Å². The number of hydrogen-bond acceptors (Lipinski definition) is 5. The molecule has 34 heavy (non-hydrogen) atoms. The fourth-order valence-electron chi connectivity index (χ4n) is 3.62. The topological polar surface area (TPSA) is 97.1 Å². The Morgan fingerprint density at radius 2 is 2.00 bits per heavy atom. The molecule has 5 rings (SSSR count). The van der Waals surface area contributed by atoms with Crippen molar-refractivity contribution in [3.8, 4) is 5.69 Å². The van der Waals surface area contributed by atoms with Gasteiger partial charge in [-0.15, -0.1) is 5.10 Å². The second-order valence-electron chi connectivity index (χ2n) is 7.88. The number of carbonyl (C=O) groups excluding carboxylic acids is 1. The Bertz CT molecular complexity index is 1330. The smallest absolute Gasteiger partial charge is 0.335 e. The third-order valence-electron chi connectivity index (χ3n) is 5.34. The summed E-state index contributed by atoms with van der Waals surface area (Å²) in [4.78, 5) is 24.8. The highest BCUT2D eigenvalue weighted by Crippen LogP contribution is 2.41. The van der Waals surface area contributed by atoms with Gasteiger partial charge in [-0.1, -0.05) is 11.6 Å².